The first kappa shape index (κ1) is 20.2. The minimum absolute atomic E-state index is 0.00249. The molecule has 4 aromatic rings. The molecule has 2 aromatic heterocycles. The fourth-order valence-electron chi connectivity index (χ4n) is 3.38. The van der Waals surface area contributed by atoms with E-state index >= 15 is 0 Å². The molecule has 0 amide bonds. The van der Waals surface area contributed by atoms with Gasteiger partial charge in [0.25, 0.3) is 0 Å². The highest BCUT2D eigenvalue weighted by molar-refractivity contribution is 6.08. The van der Waals surface area contributed by atoms with E-state index in [2.05, 4.69) is 15.2 Å². The maximum atomic E-state index is 12.1. The van der Waals surface area contributed by atoms with Gasteiger partial charge in [0.05, 0.1) is 35.6 Å². The number of rotatable bonds is 7. The summed E-state index contributed by atoms with van der Waals surface area (Å²) in [7, 11) is 0. The zero-order valence-electron chi connectivity index (χ0n) is 17.0. The molecule has 0 saturated heterocycles. The number of H-pyrrole nitrogens is 1. The molecule has 31 heavy (non-hydrogen) atoms. The zero-order valence-corrected chi connectivity index (χ0v) is 17.0. The Hall–Kier alpha value is -4.07. The summed E-state index contributed by atoms with van der Waals surface area (Å²) >= 11 is 0. The van der Waals surface area contributed by atoms with E-state index in [1.807, 2.05) is 38.1 Å². The highest BCUT2D eigenvalue weighted by Crippen LogP contribution is 2.35. The number of carboxylic acid groups (broad SMARTS) is 1. The van der Waals surface area contributed by atoms with Crippen molar-refractivity contribution >= 4 is 17.0 Å². The number of carbonyl (C=O) groups is 1. The van der Waals surface area contributed by atoms with Gasteiger partial charge in [-0.3, -0.25) is 5.10 Å². The van der Waals surface area contributed by atoms with Crippen LogP contribution in [-0.4, -0.2) is 44.6 Å². The Morgan fingerprint density at radius 3 is 2.39 bits per heavy atom. The molecule has 0 fully saturated rings. The molecular formula is C23H21N3O5. The average molecular weight is 419 g/mol. The molecule has 4 rings (SSSR count). The molecule has 0 aliphatic heterocycles. The number of hydrogen-bond acceptors (Lipinski definition) is 6. The fourth-order valence-corrected chi connectivity index (χ4v) is 3.38. The normalized spacial score (nSPS) is 10.9. The summed E-state index contributed by atoms with van der Waals surface area (Å²) in [5.74, 6) is -0.0593. The quantitative estimate of drug-likeness (QED) is 0.404. The number of aromatic nitrogens is 3. The molecular weight excluding hydrogens is 398 g/mol. The van der Waals surface area contributed by atoms with Crippen LogP contribution in [0.15, 0.2) is 48.5 Å². The molecule has 0 aliphatic rings. The van der Waals surface area contributed by atoms with Crippen molar-refractivity contribution in [2.45, 2.75) is 13.8 Å². The van der Waals surface area contributed by atoms with Crippen LogP contribution < -0.4 is 9.47 Å². The molecule has 158 valence electrons. The standard InChI is InChI=1S/C23H21N3O5/c1-3-30-15-8-5-13(6-9-15)21-20-16(23(28)29)12-17(24-22(20)26-25-21)14-7-10-18(27)19(11-14)31-4-2/h5-12,27H,3-4H2,1-2H3,(H,28,29)(H,24,25,26). The lowest BCUT2D eigenvalue weighted by Gasteiger charge is -2.09. The second kappa shape index (κ2) is 8.35. The van der Waals surface area contributed by atoms with Crippen LogP contribution in [-0.2, 0) is 0 Å². The van der Waals surface area contributed by atoms with Crippen molar-refractivity contribution in [3.63, 3.8) is 0 Å². The van der Waals surface area contributed by atoms with Crippen molar-refractivity contribution in [1.29, 1.82) is 0 Å². The van der Waals surface area contributed by atoms with Gasteiger partial charge in [0.2, 0.25) is 0 Å². The average Bonchev–Trinajstić information content (AvgIpc) is 3.19. The largest absolute Gasteiger partial charge is 0.504 e. The molecule has 8 nitrogen and oxygen atoms in total. The van der Waals surface area contributed by atoms with Gasteiger partial charge < -0.3 is 19.7 Å². The van der Waals surface area contributed by atoms with E-state index in [1.165, 1.54) is 12.1 Å². The summed E-state index contributed by atoms with van der Waals surface area (Å²) in [6.07, 6.45) is 0. The van der Waals surface area contributed by atoms with Crippen molar-refractivity contribution < 1.29 is 24.5 Å². The number of ether oxygens (including phenoxy) is 2. The van der Waals surface area contributed by atoms with Gasteiger partial charge >= 0.3 is 5.97 Å². The summed E-state index contributed by atoms with van der Waals surface area (Å²) in [5, 5.41) is 27.4. The third-order valence-corrected chi connectivity index (χ3v) is 4.76. The number of benzene rings is 2. The van der Waals surface area contributed by atoms with E-state index in [9.17, 15) is 15.0 Å². The van der Waals surface area contributed by atoms with E-state index in [0.29, 0.717) is 41.3 Å². The van der Waals surface area contributed by atoms with Gasteiger partial charge in [0.15, 0.2) is 17.1 Å². The van der Waals surface area contributed by atoms with E-state index in [1.54, 1.807) is 12.1 Å². The third kappa shape index (κ3) is 3.87. The second-order valence-corrected chi connectivity index (χ2v) is 6.73. The zero-order chi connectivity index (χ0) is 22.0. The van der Waals surface area contributed by atoms with Gasteiger partial charge in [0.1, 0.15) is 5.75 Å². The number of fused-ring (bicyclic) bond motifs is 1. The lowest BCUT2D eigenvalue weighted by molar-refractivity contribution is 0.0699. The number of aromatic hydroxyl groups is 1. The Morgan fingerprint density at radius 1 is 1.00 bits per heavy atom. The SMILES string of the molecule is CCOc1ccc(-c2[nH]nc3nc(-c4ccc(O)c(OCC)c4)cc(C(=O)O)c23)cc1. The van der Waals surface area contributed by atoms with E-state index in [4.69, 9.17) is 9.47 Å². The highest BCUT2D eigenvalue weighted by Gasteiger charge is 2.20. The summed E-state index contributed by atoms with van der Waals surface area (Å²) in [4.78, 5) is 16.6. The number of aromatic amines is 1. The van der Waals surface area contributed by atoms with Gasteiger partial charge in [-0.2, -0.15) is 5.10 Å². The van der Waals surface area contributed by atoms with Crippen LogP contribution in [0.3, 0.4) is 0 Å². The molecule has 0 bridgehead atoms. The lowest BCUT2D eigenvalue weighted by atomic mass is 10.0. The van der Waals surface area contributed by atoms with Crippen molar-refractivity contribution in [2.75, 3.05) is 13.2 Å². The Bertz CT molecular complexity index is 1250. The van der Waals surface area contributed by atoms with Crippen LogP contribution in [0.1, 0.15) is 24.2 Å². The molecule has 0 saturated carbocycles. The summed E-state index contributed by atoms with van der Waals surface area (Å²) in [6, 6.07) is 13.6. The first-order chi connectivity index (χ1) is 15.0. The van der Waals surface area contributed by atoms with Gasteiger partial charge in [0, 0.05) is 11.1 Å². The molecule has 0 spiro atoms. The Kier molecular flexibility index (Phi) is 5.44. The molecule has 2 aromatic carbocycles. The Labute approximate surface area is 178 Å². The Morgan fingerprint density at radius 2 is 1.71 bits per heavy atom. The number of pyridine rings is 1. The fraction of sp³-hybridized carbons (Fsp3) is 0.174. The smallest absolute Gasteiger partial charge is 0.336 e. The monoisotopic (exact) mass is 419 g/mol. The maximum absolute atomic E-state index is 12.1. The minimum atomic E-state index is -1.09. The van der Waals surface area contributed by atoms with Crippen molar-refractivity contribution in [1.82, 2.24) is 15.2 Å². The maximum Gasteiger partial charge on any atom is 0.336 e. The number of nitrogens with zero attached hydrogens (tertiary/aromatic N) is 2. The Balaban J connectivity index is 1.84. The van der Waals surface area contributed by atoms with E-state index in [0.717, 1.165) is 11.3 Å². The van der Waals surface area contributed by atoms with Crippen LogP contribution in [0, 0.1) is 0 Å². The molecule has 0 unspecified atom stereocenters. The summed E-state index contributed by atoms with van der Waals surface area (Å²) in [5.41, 5.74) is 2.71. The number of phenols is 1. The first-order valence-electron chi connectivity index (χ1n) is 9.83. The first-order valence-corrected chi connectivity index (χ1v) is 9.83. The van der Waals surface area contributed by atoms with Crippen LogP contribution in [0.2, 0.25) is 0 Å². The van der Waals surface area contributed by atoms with Gasteiger partial charge in [-0.25, -0.2) is 9.78 Å². The lowest BCUT2D eigenvalue weighted by Crippen LogP contribution is -2.00. The number of aromatic carboxylic acids is 1. The number of nitrogens with one attached hydrogen (secondary N) is 1. The third-order valence-electron chi connectivity index (χ3n) is 4.76. The molecule has 0 atom stereocenters. The predicted octanol–water partition coefficient (Wildman–Crippen LogP) is 4.49. The van der Waals surface area contributed by atoms with Gasteiger partial charge in [-0.15, -0.1) is 0 Å². The molecule has 2 heterocycles. The van der Waals surface area contributed by atoms with Crippen LogP contribution >= 0.6 is 0 Å². The number of carboxylic acids is 1. The van der Waals surface area contributed by atoms with Crippen LogP contribution in [0.4, 0.5) is 0 Å². The van der Waals surface area contributed by atoms with Crippen molar-refractivity contribution in [3.8, 4) is 39.8 Å². The minimum Gasteiger partial charge on any atom is -0.504 e. The van der Waals surface area contributed by atoms with E-state index < -0.39 is 5.97 Å². The van der Waals surface area contributed by atoms with Gasteiger partial charge in [-0.1, -0.05) is 0 Å². The van der Waals surface area contributed by atoms with Crippen molar-refractivity contribution in [2.24, 2.45) is 0 Å². The number of hydrogen-bond donors (Lipinski definition) is 3. The molecule has 3 N–H and O–H groups in total. The topological polar surface area (TPSA) is 118 Å². The summed E-state index contributed by atoms with van der Waals surface area (Å²) < 4.78 is 10.9. The van der Waals surface area contributed by atoms with Crippen LogP contribution in [0.5, 0.6) is 17.2 Å². The number of phenolic OH excluding ortho intramolecular Hbond substituents is 1. The van der Waals surface area contributed by atoms with Crippen LogP contribution in [0.25, 0.3) is 33.5 Å². The summed E-state index contributed by atoms with van der Waals surface area (Å²) in [6.45, 7) is 4.66. The van der Waals surface area contributed by atoms with E-state index in [-0.39, 0.29) is 17.0 Å². The van der Waals surface area contributed by atoms with Crippen molar-refractivity contribution in [3.05, 3.63) is 54.1 Å². The second-order valence-electron chi connectivity index (χ2n) is 6.73. The predicted molar refractivity (Wildman–Crippen MR) is 116 cm³/mol. The highest BCUT2D eigenvalue weighted by atomic mass is 16.5. The molecule has 8 heteroatoms. The van der Waals surface area contributed by atoms with Gasteiger partial charge in [-0.05, 0) is 62.4 Å². The molecule has 0 radical (unpaired) electrons. The molecule has 0 aliphatic carbocycles.